The van der Waals surface area contributed by atoms with Crippen LogP contribution in [0.15, 0.2) is 485 Å². The van der Waals surface area contributed by atoms with E-state index in [2.05, 4.69) is 562 Å². The van der Waals surface area contributed by atoms with Gasteiger partial charge in [0.1, 0.15) is 0 Å². The number of hydrogen-bond donors (Lipinski definition) is 0. The maximum atomic E-state index is 2.45. The van der Waals surface area contributed by atoms with Crippen LogP contribution < -0.4 is 14.7 Å². The lowest BCUT2D eigenvalue weighted by molar-refractivity contribution is 0.660. The van der Waals surface area contributed by atoms with Crippen LogP contribution in [0, 0.1) is 20.8 Å². The topological polar surface area (TPSA) is 9.72 Å². The van der Waals surface area contributed by atoms with Crippen molar-refractivity contribution in [2.45, 2.75) is 78.6 Å². The van der Waals surface area contributed by atoms with Crippen molar-refractivity contribution in [3.05, 3.63) is 535 Å². The lowest BCUT2D eigenvalue weighted by atomic mass is 9.82. The second-order valence-corrected chi connectivity index (χ2v) is 37.7. The van der Waals surface area contributed by atoms with Crippen LogP contribution in [0.2, 0.25) is 0 Å². The molecule has 0 saturated carbocycles. The predicted octanol–water partition coefficient (Wildman–Crippen LogP) is 36.6. The van der Waals surface area contributed by atoms with E-state index in [1.165, 1.54) is 201 Å². The van der Waals surface area contributed by atoms with Crippen molar-refractivity contribution in [2.24, 2.45) is 0 Å². The van der Waals surface area contributed by atoms with Crippen LogP contribution in [0.5, 0.6) is 0 Å². The third kappa shape index (κ3) is 16.6. The summed E-state index contributed by atoms with van der Waals surface area (Å²) in [5.41, 5.74) is 49.9. The first kappa shape index (κ1) is 85.6. The van der Waals surface area contributed by atoms with E-state index in [-0.39, 0.29) is 16.2 Å². The number of fused-ring (bicyclic) bond motifs is 9. The minimum Gasteiger partial charge on any atom is -0.310 e. The fourth-order valence-corrected chi connectivity index (χ4v) is 21.0. The summed E-state index contributed by atoms with van der Waals surface area (Å²) in [5.74, 6) is 0. The minimum absolute atomic E-state index is 0.0635. The largest absolute Gasteiger partial charge is 0.310 e. The Bertz CT molecular complexity index is 7500. The third-order valence-corrected chi connectivity index (χ3v) is 28.2. The number of nitrogens with zero attached hydrogens (tertiary/aromatic N) is 3. The Labute approximate surface area is 796 Å². The number of benzene rings is 20. The first-order valence-electron chi connectivity index (χ1n) is 47.2. The smallest absolute Gasteiger partial charge is 0.0491 e. The van der Waals surface area contributed by atoms with Gasteiger partial charge in [0.2, 0.25) is 0 Å². The first-order chi connectivity index (χ1) is 65.9. The van der Waals surface area contributed by atoms with E-state index in [1.807, 2.05) is 0 Å². The van der Waals surface area contributed by atoms with Gasteiger partial charge in [0.05, 0.1) is 0 Å². The number of anilines is 9. The van der Waals surface area contributed by atoms with E-state index >= 15 is 0 Å². The van der Waals surface area contributed by atoms with Gasteiger partial charge in [0.25, 0.3) is 0 Å². The van der Waals surface area contributed by atoms with Crippen LogP contribution in [0.3, 0.4) is 0 Å². The molecule has 23 rings (SSSR count). The quantitative estimate of drug-likeness (QED) is 0.0900. The molecule has 0 fully saturated rings. The van der Waals surface area contributed by atoms with Gasteiger partial charge in [-0.25, -0.2) is 0 Å². The van der Waals surface area contributed by atoms with E-state index in [9.17, 15) is 0 Å². The van der Waals surface area contributed by atoms with E-state index in [0.29, 0.717) is 0 Å². The van der Waals surface area contributed by atoms with Gasteiger partial charge >= 0.3 is 0 Å². The van der Waals surface area contributed by atoms with Gasteiger partial charge in [-0.3, -0.25) is 0 Å². The van der Waals surface area contributed by atoms with Gasteiger partial charge < -0.3 is 14.7 Å². The maximum absolute atomic E-state index is 2.45. The highest BCUT2D eigenvalue weighted by molar-refractivity contribution is 5.93. The Hall–Kier alpha value is -16.2. The Morgan fingerprint density at radius 2 is 0.333 bits per heavy atom. The molecule has 0 spiro atoms. The fraction of sp³-hybridized carbons (Fsp3) is 0.0909. The summed E-state index contributed by atoms with van der Waals surface area (Å²) in [7, 11) is 0. The molecule has 135 heavy (non-hydrogen) atoms. The average Bonchev–Trinajstić information content (AvgIpc) is 1.60. The lowest BCUT2D eigenvalue weighted by Gasteiger charge is -2.30. The molecule has 20 aromatic carbocycles. The number of aryl methyl sites for hydroxylation is 3. The molecule has 0 aliphatic heterocycles. The third-order valence-electron chi connectivity index (χ3n) is 28.2. The molecule has 3 heteroatoms. The van der Waals surface area contributed by atoms with Gasteiger partial charge in [-0.1, -0.05) is 418 Å². The summed E-state index contributed by atoms with van der Waals surface area (Å²) < 4.78 is 0. The summed E-state index contributed by atoms with van der Waals surface area (Å²) in [6.07, 6.45) is 0. The van der Waals surface area contributed by atoms with E-state index < -0.39 is 0 Å². The number of rotatable bonds is 17. The SMILES string of the molecule is CC1(C)c2ccccc2-c2ccc(N(c3ccc(-c4ccc(-c5ccccc5)cc4)cc3)c3ccc(-c4ccc(-c5ccccc5)cc4)cc3)cc21.Cc1cc(-c2ccccc2)ccc1N(c1ccc2c(c1)C(C)(C)c1ccccc1-2)c1ccc(-c2ccccc2)cc1C.Cc1cc(-c2ccccc2)ccc1N(c1cccc(-c2ccccc2)c1)c1ccc2c(c1)C(C)(C)c1ccccc1-2. The van der Waals surface area contributed by atoms with Crippen LogP contribution in [-0.4, -0.2) is 0 Å². The molecule has 0 aromatic heterocycles. The molecule has 0 amide bonds. The Balaban J connectivity index is 0.000000123. The predicted molar refractivity (Wildman–Crippen MR) is 574 cm³/mol. The molecule has 0 radical (unpaired) electrons. The molecule has 3 aliphatic rings. The molecular weight excluding hydrogens is 1630 g/mol. The molecule has 3 nitrogen and oxygen atoms in total. The molecule has 3 aliphatic carbocycles. The van der Waals surface area contributed by atoms with E-state index in [0.717, 1.165) is 22.7 Å². The Kier molecular flexibility index (Phi) is 22.9. The number of hydrogen-bond acceptors (Lipinski definition) is 3. The molecule has 0 unspecified atom stereocenters. The summed E-state index contributed by atoms with van der Waals surface area (Å²) in [6, 6.07) is 176. The van der Waals surface area contributed by atoms with Crippen LogP contribution in [0.1, 0.15) is 91.6 Å². The van der Waals surface area contributed by atoms with Gasteiger partial charge in [0, 0.05) is 67.4 Å². The van der Waals surface area contributed by atoms with E-state index in [4.69, 9.17) is 0 Å². The molecule has 20 aromatic rings. The van der Waals surface area contributed by atoms with Crippen molar-refractivity contribution >= 4 is 51.2 Å². The fourth-order valence-electron chi connectivity index (χ4n) is 21.0. The average molecular weight is 1740 g/mol. The van der Waals surface area contributed by atoms with Crippen molar-refractivity contribution in [3.63, 3.8) is 0 Å². The van der Waals surface area contributed by atoms with Crippen LogP contribution in [0.25, 0.3) is 122 Å². The molecule has 0 bridgehead atoms. The first-order valence-corrected chi connectivity index (χ1v) is 47.2. The monoisotopic (exact) mass is 1730 g/mol. The molecule has 0 atom stereocenters. The second kappa shape index (κ2) is 36.2. The summed E-state index contributed by atoms with van der Waals surface area (Å²) in [5, 5.41) is 0. The summed E-state index contributed by atoms with van der Waals surface area (Å²) in [6.45, 7) is 20.8. The standard InChI is InChI=1S/C51H39N.C41H35N.C40H33N/c1-51(2)49-16-10-9-15-47(49)48-34-33-46(35-50(48)51)52(44-29-25-42(26-30-44)40-21-17-38(18-22-40)36-11-5-3-6-12-36)45-31-27-43(28-32-45)41-23-19-39(20-24-41)37-13-7-4-8-14-37;1-28-25-32(30-13-7-5-8-14-30)19-23-39(28)42(40-24-20-33(26-29(40)2)31-15-9-6-10-16-31)34-21-22-36-35-17-11-12-18-37(35)41(3,4)38(36)27-34;1-28-25-32(30-15-8-5-9-16-30)21-24-39(28)41(33-18-12-17-31(26-33)29-13-6-4-7-14-29)34-22-23-36-35-19-10-11-20-37(35)40(2,3)38(36)27-34/h3-35H,1-2H3;5-27H,1-4H3;4-27H,1-3H3. The minimum atomic E-state index is -0.0842. The molecule has 0 N–H and O–H groups in total. The summed E-state index contributed by atoms with van der Waals surface area (Å²) in [4.78, 5) is 7.27. The van der Waals surface area contributed by atoms with Gasteiger partial charge in [0.15, 0.2) is 0 Å². The van der Waals surface area contributed by atoms with Crippen LogP contribution >= 0.6 is 0 Å². The van der Waals surface area contributed by atoms with Crippen molar-refractivity contribution in [2.75, 3.05) is 14.7 Å². The highest BCUT2D eigenvalue weighted by Crippen LogP contribution is 2.56. The van der Waals surface area contributed by atoms with Crippen molar-refractivity contribution in [3.8, 4) is 122 Å². The zero-order valence-corrected chi connectivity index (χ0v) is 78.0. The van der Waals surface area contributed by atoms with Crippen LogP contribution in [0.4, 0.5) is 51.2 Å². The molecule has 650 valence electrons. The highest BCUT2D eigenvalue weighted by Gasteiger charge is 2.39. The molecular formula is C132H107N3. The Morgan fingerprint density at radius 3 is 0.630 bits per heavy atom. The van der Waals surface area contributed by atoms with Crippen LogP contribution in [-0.2, 0) is 16.2 Å². The highest BCUT2D eigenvalue weighted by atomic mass is 15.2. The van der Waals surface area contributed by atoms with Gasteiger partial charge in [-0.2, -0.15) is 0 Å². The maximum Gasteiger partial charge on any atom is 0.0491 e. The van der Waals surface area contributed by atoms with E-state index in [1.54, 1.807) is 0 Å². The summed E-state index contributed by atoms with van der Waals surface area (Å²) >= 11 is 0. The van der Waals surface area contributed by atoms with Crippen molar-refractivity contribution in [1.29, 1.82) is 0 Å². The van der Waals surface area contributed by atoms with Crippen molar-refractivity contribution < 1.29 is 0 Å². The second-order valence-electron chi connectivity index (χ2n) is 37.7. The Morgan fingerprint density at radius 1 is 0.133 bits per heavy atom. The molecule has 0 heterocycles. The zero-order valence-electron chi connectivity index (χ0n) is 78.0. The van der Waals surface area contributed by atoms with Gasteiger partial charge in [-0.15, -0.1) is 0 Å². The van der Waals surface area contributed by atoms with Crippen molar-refractivity contribution in [1.82, 2.24) is 0 Å². The lowest BCUT2D eigenvalue weighted by Crippen LogP contribution is -2.17. The molecule has 0 saturated heterocycles. The normalized spacial score (nSPS) is 12.8. The zero-order chi connectivity index (χ0) is 91.9. The van der Waals surface area contributed by atoms with Gasteiger partial charge in [-0.05, 0) is 302 Å².